The van der Waals surface area contributed by atoms with Crippen LogP contribution in [-0.4, -0.2) is 54.3 Å². The number of rotatable bonds is 9. The second-order valence-electron chi connectivity index (χ2n) is 10.7. The third kappa shape index (κ3) is 4.62. The highest BCUT2D eigenvalue weighted by Crippen LogP contribution is 2.47. The highest BCUT2D eigenvalue weighted by molar-refractivity contribution is 5.87. The summed E-state index contributed by atoms with van der Waals surface area (Å²) >= 11 is 0. The van der Waals surface area contributed by atoms with E-state index in [-0.39, 0.29) is 17.9 Å². The van der Waals surface area contributed by atoms with Crippen molar-refractivity contribution in [3.8, 4) is 0 Å². The first-order valence-electron chi connectivity index (χ1n) is 13.1. The fraction of sp³-hybridized carbons (Fsp3) is 0.741. The second-order valence-corrected chi connectivity index (χ2v) is 10.7. The van der Waals surface area contributed by atoms with E-state index in [0.29, 0.717) is 17.9 Å². The molecule has 1 aliphatic heterocycles. The molecule has 5 heteroatoms. The van der Waals surface area contributed by atoms with Gasteiger partial charge in [-0.15, -0.1) is 0 Å². The summed E-state index contributed by atoms with van der Waals surface area (Å²) < 4.78 is 6.07. The van der Waals surface area contributed by atoms with Crippen molar-refractivity contribution in [1.82, 2.24) is 10.2 Å². The molecule has 3 aliphatic carbocycles. The molecule has 1 saturated heterocycles. The number of nitrogens with one attached hydrogen (secondary N) is 1. The summed E-state index contributed by atoms with van der Waals surface area (Å²) in [6.45, 7) is 4.09. The maximum absolute atomic E-state index is 13.4. The minimum atomic E-state index is -1.40. The third-order valence-corrected chi connectivity index (χ3v) is 8.60. The van der Waals surface area contributed by atoms with Gasteiger partial charge < -0.3 is 20.1 Å². The van der Waals surface area contributed by atoms with Crippen LogP contribution in [0.2, 0.25) is 0 Å². The van der Waals surface area contributed by atoms with Gasteiger partial charge in [0.25, 0.3) is 5.91 Å². The smallest absolute Gasteiger partial charge is 0.257 e. The number of hydrogen-bond donors (Lipinski definition) is 2. The van der Waals surface area contributed by atoms with Crippen LogP contribution in [0, 0.1) is 17.8 Å². The summed E-state index contributed by atoms with van der Waals surface area (Å²) in [6.07, 6.45) is 12.2. The van der Waals surface area contributed by atoms with Gasteiger partial charge in [-0.3, -0.25) is 4.79 Å². The number of aliphatic hydroxyl groups is 1. The standard InChI is InChI=1S/C27H40N2O3/c30-26(27(31,21-12-7-8-13-21)20-10-3-1-4-11-20)28-25-23-18-29(19-24(23)25)16-9-17-32-22-14-5-2-6-15-22/h1,3-4,10-11,21-25,31H,2,5-9,12-19H2,(H,28,30)/t23-,24+,25?,27?. The Bertz CT molecular complexity index is 747. The van der Waals surface area contributed by atoms with Crippen LogP contribution in [0.1, 0.15) is 69.8 Å². The zero-order valence-corrected chi connectivity index (χ0v) is 19.4. The van der Waals surface area contributed by atoms with Gasteiger partial charge in [0.1, 0.15) is 0 Å². The molecule has 1 heterocycles. The summed E-state index contributed by atoms with van der Waals surface area (Å²) in [7, 11) is 0. The number of carbonyl (C=O) groups excluding carboxylic acids is 1. The summed E-state index contributed by atoms with van der Waals surface area (Å²) in [4.78, 5) is 15.9. The number of likely N-dealkylation sites (tertiary alicyclic amines) is 1. The zero-order valence-electron chi connectivity index (χ0n) is 19.4. The first kappa shape index (κ1) is 22.4. The lowest BCUT2D eigenvalue weighted by molar-refractivity contribution is -0.147. The van der Waals surface area contributed by atoms with E-state index in [1.807, 2.05) is 30.3 Å². The number of hydrogen-bond acceptors (Lipinski definition) is 4. The molecule has 32 heavy (non-hydrogen) atoms. The molecule has 0 radical (unpaired) electrons. The number of piperidine rings is 1. The van der Waals surface area contributed by atoms with Gasteiger partial charge in [-0.2, -0.15) is 0 Å². The Morgan fingerprint density at radius 3 is 2.34 bits per heavy atom. The largest absolute Gasteiger partial charge is 0.378 e. The number of ether oxygens (including phenoxy) is 1. The Kier molecular flexibility index (Phi) is 6.87. The van der Waals surface area contributed by atoms with Gasteiger partial charge in [0.15, 0.2) is 5.60 Å². The highest BCUT2D eigenvalue weighted by Gasteiger charge is 2.58. The van der Waals surface area contributed by atoms with Gasteiger partial charge in [0.2, 0.25) is 0 Å². The lowest BCUT2D eigenvalue weighted by atomic mass is 9.79. The van der Waals surface area contributed by atoms with Crippen molar-refractivity contribution in [2.75, 3.05) is 26.2 Å². The van der Waals surface area contributed by atoms with Crippen LogP contribution >= 0.6 is 0 Å². The molecule has 4 atom stereocenters. The molecule has 1 aromatic carbocycles. The number of benzene rings is 1. The van der Waals surface area contributed by atoms with E-state index in [1.54, 1.807) is 0 Å². The van der Waals surface area contributed by atoms with E-state index in [1.165, 1.54) is 32.1 Å². The molecule has 1 aromatic rings. The van der Waals surface area contributed by atoms with Crippen LogP contribution in [0.3, 0.4) is 0 Å². The summed E-state index contributed by atoms with van der Waals surface area (Å²) in [6, 6.07) is 9.82. The molecule has 0 aromatic heterocycles. The Hall–Kier alpha value is -1.43. The van der Waals surface area contributed by atoms with Gasteiger partial charge >= 0.3 is 0 Å². The van der Waals surface area contributed by atoms with Crippen molar-refractivity contribution in [2.45, 2.75) is 82.0 Å². The maximum atomic E-state index is 13.4. The minimum Gasteiger partial charge on any atom is -0.378 e. The van der Waals surface area contributed by atoms with E-state index in [9.17, 15) is 9.90 Å². The number of amides is 1. The maximum Gasteiger partial charge on any atom is 0.257 e. The molecular formula is C27H40N2O3. The Morgan fingerprint density at radius 1 is 1.00 bits per heavy atom. The molecule has 5 nitrogen and oxygen atoms in total. The molecule has 176 valence electrons. The van der Waals surface area contributed by atoms with Crippen molar-refractivity contribution >= 4 is 5.91 Å². The second kappa shape index (κ2) is 9.82. The van der Waals surface area contributed by atoms with Crippen molar-refractivity contribution < 1.29 is 14.6 Å². The van der Waals surface area contributed by atoms with Crippen molar-refractivity contribution in [2.24, 2.45) is 17.8 Å². The van der Waals surface area contributed by atoms with Crippen LogP contribution in [0.25, 0.3) is 0 Å². The first-order chi connectivity index (χ1) is 15.7. The molecule has 0 spiro atoms. The minimum absolute atomic E-state index is 0.0177. The topological polar surface area (TPSA) is 61.8 Å². The van der Waals surface area contributed by atoms with E-state index >= 15 is 0 Å². The molecule has 2 N–H and O–H groups in total. The molecule has 5 rings (SSSR count). The van der Waals surface area contributed by atoms with Crippen LogP contribution in [0.15, 0.2) is 30.3 Å². The highest BCUT2D eigenvalue weighted by atomic mass is 16.5. The van der Waals surface area contributed by atoms with Gasteiger partial charge in [-0.1, -0.05) is 62.4 Å². The molecule has 4 aliphatic rings. The van der Waals surface area contributed by atoms with Crippen LogP contribution in [-0.2, 0) is 15.1 Å². The summed E-state index contributed by atoms with van der Waals surface area (Å²) in [5.41, 5.74) is -0.653. The predicted octanol–water partition coefficient (Wildman–Crippen LogP) is 3.85. The lowest BCUT2D eigenvalue weighted by Gasteiger charge is -2.33. The van der Waals surface area contributed by atoms with Gasteiger partial charge in [-0.25, -0.2) is 0 Å². The third-order valence-electron chi connectivity index (χ3n) is 8.60. The monoisotopic (exact) mass is 440 g/mol. The number of fused-ring (bicyclic) bond motifs is 1. The fourth-order valence-corrected chi connectivity index (χ4v) is 6.63. The average molecular weight is 441 g/mol. The van der Waals surface area contributed by atoms with E-state index < -0.39 is 5.60 Å². The van der Waals surface area contributed by atoms with Crippen molar-refractivity contribution in [3.05, 3.63) is 35.9 Å². The molecule has 0 bridgehead atoms. The normalized spacial score (nSPS) is 30.7. The predicted molar refractivity (Wildman–Crippen MR) is 125 cm³/mol. The number of nitrogens with zero attached hydrogens (tertiary/aromatic N) is 1. The Morgan fingerprint density at radius 2 is 1.66 bits per heavy atom. The lowest BCUT2D eigenvalue weighted by Crippen LogP contribution is -2.51. The summed E-state index contributed by atoms with van der Waals surface area (Å²) in [5.74, 6) is 0.926. The Labute approximate surface area is 192 Å². The van der Waals surface area contributed by atoms with E-state index in [0.717, 1.165) is 63.9 Å². The van der Waals surface area contributed by atoms with E-state index in [4.69, 9.17) is 4.74 Å². The van der Waals surface area contributed by atoms with Crippen LogP contribution in [0.4, 0.5) is 0 Å². The van der Waals surface area contributed by atoms with Crippen molar-refractivity contribution in [1.29, 1.82) is 0 Å². The summed E-state index contributed by atoms with van der Waals surface area (Å²) in [5, 5.41) is 14.9. The quantitative estimate of drug-likeness (QED) is 0.573. The zero-order chi connectivity index (χ0) is 22.0. The Balaban J connectivity index is 1.09. The molecule has 2 unspecified atom stereocenters. The molecule has 3 saturated carbocycles. The fourth-order valence-electron chi connectivity index (χ4n) is 6.63. The SMILES string of the molecule is O=C(NC1[C@H]2CN(CCCOC3CCCCC3)C[C@@H]12)C(O)(c1ccccc1)C1CCCC1. The molecule has 1 amide bonds. The number of carbonyl (C=O) groups is 1. The van der Waals surface area contributed by atoms with Gasteiger partial charge in [-0.05, 0) is 49.5 Å². The first-order valence-corrected chi connectivity index (χ1v) is 13.1. The van der Waals surface area contributed by atoms with E-state index in [2.05, 4.69) is 10.2 Å². The van der Waals surface area contributed by atoms with Gasteiger partial charge in [0, 0.05) is 38.2 Å². The molecular weight excluding hydrogens is 400 g/mol. The average Bonchev–Trinajstić information content (AvgIpc) is 3.25. The van der Waals surface area contributed by atoms with Crippen molar-refractivity contribution in [3.63, 3.8) is 0 Å². The van der Waals surface area contributed by atoms with Crippen LogP contribution in [0.5, 0.6) is 0 Å². The van der Waals surface area contributed by atoms with Crippen LogP contribution < -0.4 is 5.32 Å². The molecule has 4 fully saturated rings. The van der Waals surface area contributed by atoms with Gasteiger partial charge in [0.05, 0.1) is 6.10 Å².